The van der Waals surface area contributed by atoms with Gasteiger partial charge in [0.05, 0.1) is 6.54 Å². The summed E-state index contributed by atoms with van der Waals surface area (Å²) in [6.45, 7) is 7.15. The Balaban J connectivity index is 2.69. The molecule has 0 aliphatic rings. The third kappa shape index (κ3) is 5.50. The van der Waals surface area contributed by atoms with Gasteiger partial charge in [0.15, 0.2) is 0 Å². The zero-order valence-electron chi connectivity index (χ0n) is 13.2. The second-order valence-electron chi connectivity index (χ2n) is 4.99. The molecule has 0 N–H and O–H groups in total. The lowest BCUT2D eigenvalue weighted by molar-refractivity contribution is -0.139. The van der Waals surface area contributed by atoms with Crippen molar-refractivity contribution in [2.24, 2.45) is 0 Å². The number of carbonyl (C=O) groups excluding carboxylic acids is 2. The second-order valence-corrected chi connectivity index (χ2v) is 5.84. The van der Waals surface area contributed by atoms with E-state index >= 15 is 0 Å². The third-order valence-corrected chi connectivity index (χ3v) is 4.14. The van der Waals surface area contributed by atoms with Crippen molar-refractivity contribution in [3.63, 3.8) is 0 Å². The van der Waals surface area contributed by atoms with Gasteiger partial charge >= 0.3 is 0 Å². The first-order valence-electron chi connectivity index (χ1n) is 7.36. The van der Waals surface area contributed by atoms with Crippen LogP contribution in [0.15, 0.2) is 18.2 Å². The van der Waals surface area contributed by atoms with Gasteiger partial charge in [-0.05, 0) is 38.0 Å². The van der Waals surface area contributed by atoms with Crippen LogP contribution in [0.2, 0.25) is 10.0 Å². The number of amides is 2. The molecule has 0 unspecified atom stereocenters. The first-order chi connectivity index (χ1) is 10.4. The molecule has 0 bridgehead atoms. The molecule has 22 heavy (non-hydrogen) atoms. The molecule has 4 nitrogen and oxygen atoms in total. The number of benzene rings is 1. The highest BCUT2D eigenvalue weighted by molar-refractivity contribution is 6.35. The fourth-order valence-corrected chi connectivity index (χ4v) is 2.67. The quantitative estimate of drug-likeness (QED) is 0.761. The molecule has 0 saturated carbocycles. The summed E-state index contributed by atoms with van der Waals surface area (Å²) >= 11 is 12.0. The van der Waals surface area contributed by atoms with Gasteiger partial charge in [-0.2, -0.15) is 0 Å². The van der Waals surface area contributed by atoms with E-state index in [4.69, 9.17) is 23.2 Å². The number of likely N-dealkylation sites (N-methyl/N-ethyl adjacent to an activating group) is 1. The van der Waals surface area contributed by atoms with Crippen molar-refractivity contribution >= 4 is 35.0 Å². The van der Waals surface area contributed by atoms with Crippen LogP contribution in [0.25, 0.3) is 0 Å². The Morgan fingerprint density at radius 3 is 2.23 bits per heavy atom. The van der Waals surface area contributed by atoms with Crippen molar-refractivity contribution < 1.29 is 9.59 Å². The van der Waals surface area contributed by atoms with E-state index in [-0.39, 0.29) is 18.4 Å². The Hall–Kier alpha value is -1.26. The van der Waals surface area contributed by atoms with Gasteiger partial charge in [-0.25, -0.2) is 0 Å². The average Bonchev–Trinajstić information content (AvgIpc) is 2.46. The Kier molecular flexibility index (Phi) is 7.69. The molecule has 1 aromatic carbocycles. The van der Waals surface area contributed by atoms with E-state index in [1.165, 1.54) is 6.92 Å². The molecular weight excluding hydrogens is 323 g/mol. The van der Waals surface area contributed by atoms with Crippen molar-refractivity contribution in [2.45, 2.75) is 27.2 Å². The Morgan fingerprint density at radius 2 is 1.73 bits per heavy atom. The maximum atomic E-state index is 12.1. The van der Waals surface area contributed by atoms with E-state index in [0.29, 0.717) is 36.1 Å². The van der Waals surface area contributed by atoms with E-state index < -0.39 is 0 Å². The number of hydrogen-bond acceptors (Lipinski definition) is 2. The minimum absolute atomic E-state index is 0.0394. The van der Waals surface area contributed by atoms with E-state index in [2.05, 4.69) is 0 Å². The fraction of sp³-hybridized carbons (Fsp3) is 0.500. The van der Waals surface area contributed by atoms with Crippen molar-refractivity contribution in [3.8, 4) is 0 Å². The van der Waals surface area contributed by atoms with Crippen LogP contribution >= 0.6 is 23.2 Å². The molecule has 0 fully saturated rings. The highest BCUT2D eigenvalue weighted by atomic mass is 35.5. The molecule has 2 amide bonds. The van der Waals surface area contributed by atoms with Crippen LogP contribution in [0.1, 0.15) is 26.3 Å². The average molecular weight is 345 g/mol. The van der Waals surface area contributed by atoms with Crippen LogP contribution < -0.4 is 0 Å². The summed E-state index contributed by atoms with van der Waals surface area (Å²) in [5.41, 5.74) is 0.910. The monoisotopic (exact) mass is 344 g/mol. The first-order valence-corrected chi connectivity index (χ1v) is 8.11. The van der Waals surface area contributed by atoms with E-state index in [9.17, 15) is 9.59 Å². The van der Waals surface area contributed by atoms with Gasteiger partial charge in [-0.3, -0.25) is 9.59 Å². The summed E-state index contributed by atoms with van der Waals surface area (Å²) in [5, 5.41) is 1.15. The number of rotatable bonds is 7. The number of carbonyl (C=O) groups is 2. The maximum Gasteiger partial charge on any atom is 0.242 e. The lowest BCUT2D eigenvalue weighted by Crippen LogP contribution is -2.42. The number of hydrogen-bond donors (Lipinski definition) is 0. The van der Waals surface area contributed by atoms with Gasteiger partial charge in [-0.1, -0.05) is 29.3 Å². The van der Waals surface area contributed by atoms with Crippen molar-refractivity contribution in [3.05, 3.63) is 33.8 Å². The molecule has 1 aromatic rings. The van der Waals surface area contributed by atoms with E-state index in [1.54, 1.807) is 21.9 Å². The largest absolute Gasteiger partial charge is 0.342 e. The predicted molar refractivity (Wildman–Crippen MR) is 90.3 cm³/mol. The number of halogens is 2. The van der Waals surface area contributed by atoms with Crippen LogP contribution in [-0.4, -0.2) is 47.8 Å². The van der Waals surface area contributed by atoms with Crippen LogP contribution in [0.4, 0.5) is 0 Å². The smallest absolute Gasteiger partial charge is 0.242 e. The molecule has 0 heterocycles. The molecule has 6 heteroatoms. The summed E-state index contributed by atoms with van der Waals surface area (Å²) in [6, 6.07) is 5.29. The minimum Gasteiger partial charge on any atom is -0.342 e. The van der Waals surface area contributed by atoms with Gasteiger partial charge in [0.2, 0.25) is 11.8 Å². The molecule has 0 saturated heterocycles. The fourth-order valence-electron chi connectivity index (χ4n) is 2.17. The van der Waals surface area contributed by atoms with Gasteiger partial charge in [-0.15, -0.1) is 0 Å². The van der Waals surface area contributed by atoms with E-state index in [1.807, 2.05) is 19.9 Å². The number of nitrogens with zero attached hydrogens (tertiary/aromatic N) is 2. The van der Waals surface area contributed by atoms with Crippen LogP contribution in [-0.2, 0) is 16.0 Å². The van der Waals surface area contributed by atoms with Crippen LogP contribution in [0.3, 0.4) is 0 Å². The standard InChI is InChI=1S/C16H22Cl2N2O2/c1-4-19(5-2)16(22)11-20(12(3)21)9-8-13-6-7-14(17)10-15(13)18/h6-7,10H,4-5,8-9,11H2,1-3H3. The van der Waals surface area contributed by atoms with Crippen LogP contribution in [0.5, 0.6) is 0 Å². The molecule has 0 atom stereocenters. The molecule has 122 valence electrons. The summed E-state index contributed by atoms with van der Waals surface area (Å²) in [7, 11) is 0. The lowest BCUT2D eigenvalue weighted by atomic mass is 10.1. The Morgan fingerprint density at radius 1 is 1.09 bits per heavy atom. The molecule has 1 rings (SSSR count). The van der Waals surface area contributed by atoms with Crippen molar-refractivity contribution in [2.75, 3.05) is 26.2 Å². The summed E-state index contributed by atoms with van der Waals surface area (Å²) < 4.78 is 0. The van der Waals surface area contributed by atoms with Gasteiger partial charge in [0.1, 0.15) is 0 Å². The van der Waals surface area contributed by atoms with Crippen molar-refractivity contribution in [1.29, 1.82) is 0 Å². The molecule has 0 spiro atoms. The second kappa shape index (κ2) is 9.01. The minimum atomic E-state index is -0.120. The Labute approximate surface area is 142 Å². The maximum absolute atomic E-state index is 12.1. The molecule has 0 radical (unpaired) electrons. The van der Waals surface area contributed by atoms with Gasteiger partial charge in [0.25, 0.3) is 0 Å². The molecule has 0 aliphatic carbocycles. The van der Waals surface area contributed by atoms with Crippen LogP contribution in [0, 0.1) is 0 Å². The van der Waals surface area contributed by atoms with Crippen molar-refractivity contribution in [1.82, 2.24) is 9.80 Å². The third-order valence-electron chi connectivity index (χ3n) is 3.55. The summed E-state index contributed by atoms with van der Waals surface area (Å²) in [6.07, 6.45) is 0.584. The lowest BCUT2D eigenvalue weighted by Gasteiger charge is -2.25. The van der Waals surface area contributed by atoms with E-state index in [0.717, 1.165) is 5.56 Å². The first kappa shape index (κ1) is 18.8. The zero-order valence-corrected chi connectivity index (χ0v) is 14.7. The summed E-state index contributed by atoms with van der Waals surface area (Å²) in [5.74, 6) is -0.159. The zero-order chi connectivity index (χ0) is 16.7. The molecular formula is C16H22Cl2N2O2. The molecule has 0 aromatic heterocycles. The summed E-state index contributed by atoms with van der Waals surface area (Å²) in [4.78, 5) is 27.1. The highest BCUT2D eigenvalue weighted by Crippen LogP contribution is 2.21. The van der Waals surface area contributed by atoms with Gasteiger partial charge in [0, 0.05) is 36.6 Å². The molecule has 0 aliphatic heterocycles. The van der Waals surface area contributed by atoms with Gasteiger partial charge < -0.3 is 9.80 Å². The SMILES string of the molecule is CCN(CC)C(=O)CN(CCc1ccc(Cl)cc1Cl)C(C)=O. The Bertz CT molecular complexity index is 531. The normalized spacial score (nSPS) is 10.4. The highest BCUT2D eigenvalue weighted by Gasteiger charge is 2.17. The topological polar surface area (TPSA) is 40.6 Å². The predicted octanol–water partition coefficient (Wildman–Crippen LogP) is 3.25.